The number of carbonyl (C=O) groups excluding carboxylic acids is 1. The highest BCUT2D eigenvalue weighted by Gasteiger charge is 2.05. The number of aliphatic carboxylic acids is 1. The largest absolute Gasteiger partial charge is 0.481 e. The van der Waals surface area contributed by atoms with Gasteiger partial charge in [-0.05, 0) is 6.42 Å². The Morgan fingerprint density at radius 2 is 1.86 bits per heavy atom. The number of rotatable bonds is 5. The zero-order chi connectivity index (χ0) is 14.0. The topological polar surface area (TPSA) is 54.4 Å². The van der Waals surface area contributed by atoms with Gasteiger partial charge in [0.05, 0.1) is 0 Å². The molecule has 74 valence electrons. The summed E-state index contributed by atoms with van der Waals surface area (Å²) in [6.07, 6.45) is -6.37. The van der Waals surface area contributed by atoms with Crippen molar-refractivity contribution in [3.63, 3.8) is 0 Å². The number of Topliss-reactive ketones (excluding diaryl/α,β-unsaturated/α-hetero) is 1. The van der Waals surface area contributed by atoms with Crippen LogP contribution < -0.4 is 0 Å². The summed E-state index contributed by atoms with van der Waals surface area (Å²) in [5.74, 6) is -2.71. The summed E-state index contributed by atoms with van der Waals surface area (Å²) in [4.78, 5) is 22.4. The van der Waals surface area contributed by atoms with Crippen LogP contribution in [0.2, 0.25) is 0 Å². The first-order valence-electron chi connectivity index (χ1n) is 6.00. The van der Waals surface area contributed by atoms with Gasteiger partial charge in [-0.3, -0.25) is 9.59 Å². The lowest BCUT2D eigenvalue weighted by Gasteiger charge is -1.98. The maximum absolute atomic E-state index is 11.8. The monoisotopic (exact) mass is 196 g/mol. The highest BCUT2D eigenvalue weighted by atomic mass is 16.4. The highest BCUT2D eigenvalue weighted by molar-refractivity contribution is 5.96. The van der Waals surface area contributed by atoms with Crippen molar-refractivity contribution in [2.45, 2.75) is 19.2 Å². The second kappa shape index (κ2) is 5.17. The number of carboxylic acid groups (broad SMARTS) is 1. The van der Waals surface area contributed by atoms with Crippen LogP contribution in [-0.2, 0) is 4.79 Å². The van der Waals surface area contributed by atoms with Crippen molar-refractivity contribution < 1.29 is 20.2 Å². The molecule has 0 aliphatic rings. The number of hydrogen-bond donors (Lipinski definition) is 1. The van der Waals surface area contributed by atoms with Gasteiger partial charge in [0.15, 0.2) is 5.78 Å². The first-order chi connectivity index (χ1) is 8.17. The fourth-order valence-corrected chi connectivity index (χ4v) is 0.892. The molecule has 0 fully saturated rings. The van der Waals surface area contributed by atoms with Gasteiger partial charge in [-0.15, -0.1) is 0 Å². The Kier molecular flexibility index (Phi) is 2.20. The van der Waals surface area contributed by atoms with Crippen molar-refractivity contribution in [3.8, 4) is 0 Å². The normalized spacial score (nSPS) is 16.0. The third-order valence-corrected chi connectivity index (χ3v) is 1.52. The van der Waals surface area contributed by atoms with Crippen molar-refractivity contribution in [1.29, 1.82) is 0 Å². The highest BCUT2D eigenvalue weighted by Crippen LogP contribution is 2.06. The molecule has 14 heavy (non-hydrogen) atoms. The number of hydrogen-bond acceptors (Lipinski definition) is 2. The van der Waals surface area contributed by atoms with E-state index >= 15 is 0 Å². The minimum atomic E-state index is -2.78. The van der Waals surface area contributed by atoms with Crippen LogP contribution in [0.3, 0.4) is 0 Å². The molecular weight excluding hydrogens is 180 g/mol. The molecule has 0 saturated heterocycles. The number of carbonyl (C=O) groups is 2. The third-order valence-electron chi connectivity index (χ3n) is 1.52. The molecule has 0 aliphatic carbocycles. The van der Waals surface area contributed by atoms with Gasteiger partial charge in [-0.25, -0.2) is 0 Å². The van der Waals surface area contributed by atoms with Gasteiger partial charge < -0.3 is 5.11 Å². The maximum atomic E-state index is 11.8. The van der Waals surface area contributed by atoms with Crippen LogP contribution in [-0.4, -0.2) is 16.9 Å². The van der Waals surface area contributed by atoms with Gasteiger partial charge in [-0.1, -0.05) is 30.3 Å². The van der Waals surface area contributed by atoms with E-state index in [2.05, 4.69) is 0 Å². The Balaban J connectivity index is 2.94. The lowest BCUT2D eigenvalue weighted by molar-refractivity contribution is -0.137. The third kappa shape index (κ3) is 3.39. The van der Waals surface area contributed by atoms with E-state index in [4.69, 9.17) is 10.6 Å². The molecule has 1 aromatic rings. The minimum Gasteiger partial charge on any atom is -0.481 e. The number of ketones is 1. The maximum Gasteiger partial charge on any atom is 0.303 e. The lowest BCUT2D eigenvalue weighted by atomic mass is 10.1. The Hall–Kier alpha value is -1.64. The zero-order valence-corrected chi connectivity index (χ0v) is 7.36. The Labute approximate surface area is 88.0 Å². The second-order valence-electron chi connectivity index (χ2n) is 2.53. The first-order valence-corrected chi connectivity index (χ1v) is 4.00. The van der Waals surface area contributed by atoms with Crippen LogP contribution in [0, 0.1) is 0 Å². The van der Waals surface area contributed by atoms with E-state index in [-0.39, 0.29) is 5.56 Å². The molecule has 0 heterocycles. The van der Waals surface area contributed by atoms with Crippen molar-refractivity contribution in [2.24, 2.45) is 0 Å². The SMILES string of the molecule is [2H]C([2H])(CC([2H])([2H])C(=O)c1ccccc1)C(=O)O. The van der Waals surface area contributed by atoms with E-state index in [9.17, 15) is 9.59 Å². The molecular formula is C11H12O3. The van der Waals surface area contributed by atoms with Crippen molar-refractivity contribution in [3.05, 3.63) is 35.9 Å². The molecule has 1 aromatic carbocycles. The van der Waals surface area contributed by atoms with Crippen molar-refractivity contribution >= 4 is 11.8 Å². The van der Waals surface area contributed by atoms with Crippen LogP contribution in [0.25, 0.3) is 0 Å². The Morgan fingerprint density at radius 3 is 2.43 bits per heavy atom. The van der Waals surface area contributed by atoms with Gasteiger partial charge in [0.1, 0.15) is 0 Å². The van der Waals surface area contributed by atoms with Crippen LogP contribution in [0.4, 0.5) is 0 Å². The second-order valence-corrected chi connectivity index (χ2v) is 2.53. The first kappa shape index (κ1) is 5.96. The molecule has 3 nitrogen and oxygen atoms in total. The fourth-order valence-electron chi connectivity index (χ4n) is 0.892. The molecule has 0 saturated carbocycles. The minimum absolute atomic E-state index is 0.0867. The van der Waals surface area contributed by atoms with Crippen LogP contribution in [0.15, 0.2) is 30.3 Å². The van der Waals surface area contributed by atoms with Gasteiger partial charge in [0, 0.05) is 23.8 Å². The van der Waals surface area contributed by atoms with E-state index in [1.165, 1.54) is 12.1 Å². The van der Waals surface area contributed by atoms with E-state index in [0.717, 1.165) is 0 Å². The summed E-state index contributed by atoms with van der Waals surface area (Å²) in [5, 5.41) is 8.60. The van der Waals surface area contributed by atoms with E-state index in [1.807, 2.05) is 0 Å². The van der Waals surface area contributed by atoms with E-state index in [1.54, 1.807) is 18.2 Å². The predicted molar refractivity (Wildman–Crippen MR) is 52.3 cm³/mol. The van der Waals surface area contributed by atoms with Gasteiger partial charge in [-0.2, -0.15) is 0 Å². The molecule has 0 radical (unpaired) electrons. The molecule has 0 bridgehead atoms. The summed E-state index contributed by atoms with van der Waals surface area (Å²) in [6.45, 7) is 0. The van der Waals surface area contributed by atoms with Gasteiger partial charge >= 0.3 is 5.97 Å². The molecule has 0 amide bonds. The average molecular weight is 196 g/mol. The number of benzene rings is 1. The lowest BCUT2D eigenvalue weighted by Crippen LogP contribution is -2.01. The molecule has 1 N–H and O–H groups in total. The van der Waals surface area contributed by atoms with Crippen molar-refractivity contribution in [2.75, 3.05) is 0 Å². The van der Waals surface area contributed by atoms with E-state index < -0.39 is 30.9 Å². The average Bonchev–Trinajstić information content (AvgIpc) is 2.27. The Bertz CT molecular complexity index is 457. The molecule has 0 spiro atoms. The summed E-state index contributed by atoms with van der Waals surface area (Å²) in [5.41, 5.74) is 0.0867. The molecule has 3 heteroatoms. The standard InChI is InChI=1S/C11H12O3/c12-10(7-4-8-11(13)14)9-5-2-1-3-6-9/h1-3,5-6H,4,7-8H2,(H,13,14)/i7D2,8D2. The van der Waals surface area contributed by atoms with Crippen LogP contribution in [0.5, 0.6) is 0 Å². The molecule has 0 aromatic heterocycles. The Morgan fingerprint density at radius 1 is 1.21 bits per heavy atom. The summed E-state index contributed by atoms with van der Waals surface area (Å²) < 4.78 is 29.4. The van der Waals surface area contributed by atoms with Gasteiger partial charge in [0.25, 0.3) is 0 Å². The zero-order valence-electron chi connectivity index (χ0n) is 11.4. The smallest absolute Gasteiger partial charge is 0.303 e. The number of carboxylic acids is 1. The molecule has 1 rings (SSSR count). The van der Waals surface area contributed by atoms with Gasteiger partial charge in [0.2, 0.25) is 0 Å². The predicted octanol–water partition coefficient (Wildman–Crippen LogP) is 2.12. The quantitative estimate of drug-likeness (QED) is 0.734. The van der Waals surface area contributed by atoms with Crippen LogP contribution >= 0.6 is 0 Å². The molecule has 0 aliphatic heterocycles. The molecule has 0 unspecified atom stereocenters. The fraction of sp³-hybridized carbons (Fsp3) is 0.273. The summed E-state index contributed by atoms with van der Waals surface area (Å²) in [7, 11) is 0. The summed E-state index contributed by atoms with van der Waals surface area (Å²) >= 11 is 0. The molecule has 0 atom stereocenters. The van der Waals surface area contributed by atoms with Crippen LogP contribution in [0.1, 0.15) is 35.0 Å². The van der Waals surface area contributed by atoms with E-state index in [0.29, 0.717) is 0 Å². The van der Waals surface area contributed by atoms with Crippen molar-refractivity contribution in [1.82, 2.24) is 0 Å². The summed E-state index contributed by atoms with van der Waals surface area (Å²) in [6, 6.07) is 7.56.